The molecule has 0 aliphatic heterocycles. The molecule has 5 heteroatoms. The molecule has 4 nitrogen and oxygen atoms in total. The number of nitrogens with zero attached hydrogens (tertiary/aromatic N) is 1. The standard InChI is InChI=1S/C8H11N2O2S/c1-8(2,3)12-7(11)10-6-9-4-5-13-6/h4H,1-3H3,(H,9,10,11). The summed E-state index contributed by atoms with van der Waals surface area (Å²) < 4.78 is 5.01. The molecule has 0 aliphatic carbocycles. The Balaban J connectivity index is 2.43. The highest BCUT2D eigenvalue weighted by molar-refractivity contribution is 7.13. The Bertz CT molecular complexity index is 277. The topological polar surface area (TPSA) is 51.2 Å². The van der Waals surface area contributed by atoms with Crippen molar-refractivity contribution < 1.29 is 9.53 Å². The number of carbonyl (C=O) groups excluding carboxylic acids is 1. The van der Waals surface area contributed by atoms with Crippen molar-refractivity contribution in [2.45, 2.75) is 26.4 Å². The van der Waals surface area contributed by atoms with Crippen LogP contribution in [-0.4, -0.2) is 16.7 Å². The lowest BCUT2D eigenvalue weighted by Gasteiger charge is -2.18. The molecular formula is C8H11N2O2S. The fourth-order valence-corrected chi connectivity index (χ4v) is 1.10. The quantitative estimate of drug-likeness (QED) is 0.755. The van der Waals surface area contributed by atoms with E-state index in [9.17, 15) is 4.79 Å². The number of nitrogens with one attached hydrogen (secondary N) is 1. The summed E-state index contributed by atoms with van der Waals surface area (Å²) in [7, 11) is 0. The molecule has 0 unspecified atom stereocenters. The summed E-state index contributed by atoms with van der Waals surface area (Å²) in [6.07, 6.45) is 1.01. The molecule has 0 bridgehead atoms. The molecule has 0 atom stereocenters. The number of hydrogen-bond acceptors (Lipinski definition) is 4. The van der Waals surface area contributed by atoms with Gasteiger partial charge in [0.25, 0.3) is 0 Å². The Morgan fingerprint density at radius 2 is 2.38 bits per heavy atom. The molecule has 0 aliphatic rings. The lowest BCUT2D eigenvalue weighted by Crippen LogP contribution is -2.27. The molecule has 0 saturated carbocycles. The first-order valence-electron chi connectivity index (χ1n) is 3.79. The zero-order valence-electron chi connectivity index (χ0n) is 7.75. The van der Waals surface area contributed by atoms with Gasteiger partial charge in [0, 0.05) is 6.20 Å². The summed E-state index contributed by atoms with van der Waals surface area (Å²) in [5, 5.41) is 5.75. The van der Waals surface area contributed by atoms with Crippen LogP contribution in [0.5, 0.6) is 0 Å². The summed E-state index contributed by atoms with van der Waals surface area (Å²) in [5.41, 5.74) is -0.481. The van der Waals surface area contributed by atoms with Gasteiger partial charge in [0.15, 0.2) is 5.13 Å². The van der Waals surface area contributed by atoms with E-state index in [-0.39, 0.29) is 0 Å². The van der Waals surface area contributed by atoms with Gasteiger partial charge in [0.1, 0.15) is 5.60 Å². The van der Waals surface area contributed by atoms with Gasteiger partial charge >= 0.3 is 6.09 Å². The van der Waals surface area contributed by atoms with Crippen LogP contribution in [0.25, 0.3) is 0 Å². The predicted octanol–water partition coefficient (Wildman–Crippen LogP) is 2.29. The van der Waals surface area contributed by atoms with Crippen molar-refractivity contribution in [1.82, 2.24) is 4.98 Å². The highest BCUT2D eigenvalue weighted by Crippen LogP contribution is 2.12. The van der Waals surface area contributed by atoms with E-state index < -0.39 is 11.7 Å². The van der Waals surface area contributed by atoms with Gasteiger partial charge in [0.2, 0.25) is 0 Å². The maximum atomic E-state index is 11.1. The number of amides is 1. The third-order valence-corrected chi connectivity index (χ3v) is 1.62. The van der Waals surface area contributed by atoms with E-state index in [1.807, 2.05) is 0 Å². The van der Waals surface area contributed by atoms with Crippen LogP contribution in [0.1, 0.15) is 20.8 Å². The molecule has 1 heterocycles. The van der Waals surface area contributed by atoms with Gasteiger partial charge < -0.3 is 4.74 Å². The number of anilines is 1. The van der Waals surface area contributed by atoms with E-state index in [1.165, 1.54) is 17.5 Å². The molecular weight excluding hydrogens is 188 g/mol. The van der Waals surface area contributed by atoms with Crippen molar-refractivity contribution in [2.75, 3.05) is 5.32 Å². The largest absolute Gasteiger partial charge is 0.444 e. The van der Waals surface area contributed by atoms with Crippen LogP contribution in [0.15, 0.2) is 6.20 Å². The second kappa shape index (κ2) is 3.74. The van der Waals surface area contributed by atoms with Gasteiger partial charge in [-0.25, -0.2) is 9.78 Å². The molecule has 1 amide bonds. The van der Waals surface area contributed by atoms with Crippen LogP contribution in [0.2, 0.25) is 0 Å². The average molecular weight is 199 g/mol. The van der Waals surface area contributed by atoms with Gasteiger partial charge in [-0.05, 0) is 20.8 Å². The number of thiazole rings is 1. The predicted molar refractivity (Wildman–Crippen MR) is 50.8 cm³/mol. The molecule has 1 aromatic rings. The van der Waals surface area contributed by atoms with Gasteiger partial charge in [-0.1, -0.05) is 11.3 Å². The lowest BCUT2D eigenvalue weighted by atomic mass is 10.2. The van der Waals surface area contributed by atoms with Crippen molar-refractivity contribution >= 4 is 22.6 Å². The first-order chi connectivity index (χ1) is 5.97. The Labute approximate surface area is 80.9 Å². The SMILES string of the molecule is CC(C)(C)OC(=O)Nc1nc[c]s1. The van der Waals surface area contributed by atoms with Crippen LogP contribution in [-0.2, 0) is 4.74 Å². The van der Waals surface area contributed by atoms with Crippen LogP contribution in [0, 0.1) is 5.38 Å². The van der Waals surface area contributed by atoms with Crippen LogP contribution in [0.4, 0.5) is 9.93 Å². The van der Waals surface area contributed by atoms with E-state index in [0.29, 0.717) is 5.13 Å². The molecule has 1 rings (SSSR count). The number of rotatable bonds is 1. The van der Waals surface area contributed by atoms with Gasteiger partial charge in [-0.2, -0.15) is 0 Å². The monoisotopic (exact) mass is 199 g/mol. The summed E-state index contributed by atoms with van der Waals surface area (Å²) in [6, 6.07) is 0. The number of aromatic nitrogens is 1. The fraction of sp³-hybridized carbons (Fsp3) is 0.500. The summed E-state index contributed by atoms with van der Waals surface area (Å²) in [6.45, 7) is 5.42. The number of carbonyl (C=O) groups is 1. The molecule has 0 spiro atoms. The van der Waals surface area contributed by atoms with Crippen LogP contribution >= 0.6 is 11.3 Å². The Morgan fingerprint density at radius 3 is 2.85 bits per heavy atom. The second-order valence-electron chi connectivity index (χ2n) is 3.41. The molecule has 13 heavy (non-hydrogen) atoms. The van der Waals surface area contributed by atoms with Gasteiger partial charge in [-0.3, -0.25) is 5.32 Å². The smallest absolute Gasteiger partial charge is 0.413 e. The van der Waals surface area contributed by atoms with E-state index in [4.69, 9.17) is 4.74 Å². The van der Waals surface area contributed by atoms with Gasteiger partial charge in [0.05, 0.1) is 5.38 Å². The minimum Gasteiger partial charge on any atom is -0.444 e. The average Bonchev–Trinajstić information content (AvgIpc) is 2.34. The van der Waals surface area contributed by atoms with Crippen molar-refractivity contribution in [2.24, 2.45) is 0 Å². The maximum Gasteiger partial charge on any atom is 0.413 e. The molecule has 1 N–H and O–H groups in total. The third kappa shape index (κ3) is 3.89. The van der Waals surface area contributed by atoms with Crippen molar-refractivity contribution in [3.05, 3.63) is 11.6 Å². The fourth-order valence-electron chi connectivity index (χ4n) is 0.642. The summed E-state index contributed by atoms with van der Waals surface area (Å²) >= 11 is 1.23. The first-order valence-corrected chi connectivity index (χ1v) is 4.61. The Morgan fingerprint density at radius 1 is 1.69 bits per heavy atom. The third-order valence-electron chi connectivity index (χ3n) is 0.998. The van der Waals surface area contributed by atoms with E-state index in [0.717, 1.165) is 0 Å². The normalized spacial score (nSPS) is 11.0. The highest BCUT2D eigenvalue weighted by atomic mass is 32.1. The van der Waals surface area contributed by atoms with Crippen LogP contribution < -0.4 is 5.32 Å². The number of hydrogen-bond donors (Lipinski definition) is 1. The summed E-state index contributed by atoms with van der Waals surface area (Å²) in [5.74, 6) is 0. The van der Waals surface area contributed by atoms with Crippen LogP contribution in [0.3, 0.4) is 0 Å². The second-order valence-corrected chi connectivity index (χ2v) is 4.24. The van der Waals surface area contributed by atoms with E-state index >= 15 is 0 Å². The van der Waals surface area contributed by atoms with Crippen molar-refractivity contribution in [3.63, 3.8) is 0 Å². The lowest BCUT2D eigenvalue weighted by molar-refractivity contribution is 0.0636. The molecule has 1 aromatic heterocycles. The molecule has 71 valence electrons. The van der Waals surface area contributed by atoms with E-state index in [1.54, 1.807) is 20.8 Å². The molecule has 1 radical (unpaired) electrons. The maximum absolute atomic E-state index is 11.1. The highest BCUT2D eigenvalue weighted by Gasteiger charge is 2.16. The van der Waals surface area contributed by atoms with Gasteiger partial charge in [-0.15, -0.1) is 0 Å². The minimum absolute atomic E-state index is 0.481. The Hall–Kier alpha value is -1.10. The minimum atomic E-state index is -0.490. The van der Waals surface area contributed by atoms with Crippen molar-refractivity contribution in [1.29, 1.82) is 0 Å². The zero-order chi connectivity index (χ0) is 9.90. The first kappa shape index (κ1) is 9.98. The molecule has 0 aromatic carbocycles. The van der Waals surface area contributed by atoms with Crippen molar-refractivity contribution in [3.8, 4) is 0 Å². The zero-order valence-corrected chi connectivity index (χ0v) is 8.57. The summed E-state index contributed by atoms with van der Waals surface area (Å²) in [4.78, 5) is 15.0. The molecule has 0 saturated heterocycles. The molecule has 0 fully saturated rings. The van der Waals surface area contributed by atoms with E-state index in [2.05, 4.69) is 15.7 Å². The number of ether oxygens (including phenoxy) is 1. The Kier molecular flexibility index (Phi) is 2.87.